The fraction of sp³-hybridized carbons (Fsp3) is 0.611. The zero-order chi connectivity index (χ0) is 15.5. The standard InChI is InChI=1S/C18H25NO3/c20-16-8-9-17(21)15-10-13(6-7-14(15)16)18(22)19-11-12-4-2-1-3-5-12/h8-9,12-13,20-21H,1-7,10-11H2,(H,19,22). The molecule has 0 saturated heterocycles. The zero-order valence-electron chi connectivity index (χ0n) is 13.0. The molecule has 3 rings (SSSR count). The molecule has 1 aromatic carbocycles. The maximum absolute atomic E-state index is 12.4. The molecule has 2 aliphatic carbocycles. The number of nitrogens with one attached hydrogen (secondary N) is 1. The van der Waals surface area contributed by atoms with Crippen molar-refractivity contribution in [3.8, 4) is 11.5 Å². The Kier molecular flexibility index (Phi) is 4.55. The largest absolute Gasteiger partial charge is 0.508 e. The third-order valence-electron chi connectivity index (χ3n) is 5.24. The minimum Gasteiger partial charge on any atom is -0.508 e. The number of benzene rings is 1. The van der Waals surface area contributed by atoms with Crippen molar-refractivity contribution in [3.63, 3.8) is 0 Å². The lowest BCUT2D eigenvalue weighted by atomic mass is 9.82. The highest BCUT2D eigenvalue weighted by Crippen LogP contribution is 2.37. The summed E-state index contributed by atoms with van der Waals surface area (Å²) in [6.07, 6.45) is 8.25. The van der Waals surface area contributed by atoms with Gasteiger partial charge in [0.1, 0.15) is 11.5 Å². The van der Waals surface area contributed by atoms with E-state index in [2.05, 4.69) is 5.32 Å². The molecule has 0 heterocycles. The molecule has 1 aromatic rings. The van der Waals surface area contributed by atoms with Crippen LogP contribution >= 0.6 is 0 Å². The van der Waals surface area contributed by atoms with E-state index in [0.717, 1.165) is 24.1 Å². The van der Waals surface area contributed by atoms with E-state index in [9.17, 15) is 15.0 Å². The van der Waals surface area contributed by atoms with Crippen molar-refractivity contribution < 1.29 is 15.0 Å². The van der Waals surface area contributed by atoms with Gasteiger partial charge in [0.15, 0.2) is 0 Å². The summed E-state index contributed by atoms with van der Waals surface area (Å²) in [5, 5.41) is 22.9. The van der Waals surface area contributed by atoms with Crippen molar-refractivity contribution in [1.29, 1.82) is 0 Å². The molecule has 0 aliphatic heterocycles. The summed E-state index contributed by atoms with van der Waals surface area (Å²) in [4.78, 5) is 12.4. The SMILES string of the molecule is O=C(NCC1CCCCC1)C1CCc2c(O)ccc(O)c2C1. The number of fused-ring (bicyclic) bond motifs is 1. The Bertz CT molecular complexity index is 550. The Morgan fingerprint density at radius 1 is 1.05 bits per heavy atom. The van der Waals surface area contributed by atoms with Gasteiger partial charge in [0.2, 0.25) is 5.91 Å². The molecule has 120 valence electrons. The average Bonchev–Trinajstić information content (AvgIpc) is 2.57. The second-order valence-corrected chi connectivity index (χ2v) is 6.75. The second-order valence-electron chi connectivity index (χ2n) is 6.75. The number of amides is 1. The molecule has 1 unspecified atom stereocenters. The smallest absolute Gasteiger partial charge is 0.223 e. The van der Waals surface area contributed by atoms with E-state index in [1.807, 2.05) is 0 Å². The summed E-state index contributed by atoms with van der Waals surface area (Å²) in [7, 11) is 0. The Balaban J connectivity index is 1.59. The highest BCUT2D eigenvalue weighted by atomic mass is 16.3. The number of carbonyl (C=O) groups excluding carboxylic acids is 1. The predicted octanol–water partition coefficient (Wildman–Crippen LogP) is 2.90. The fourth-order valence-corrected chi connectivity index (χ4v) is 3.85. The van der Waals surface area contributed by atoms with Crippen LogP contribution in [0.5, 0.6) is 11.5 Å². The van der Waals surface area contributed by atoms with Gasteiger partial charge in [-0.1, -0.05) is 19.3 Å². The van der Waals surface area contributed by atoms with Gasteiger partial charge in [-0.05, 0) is 50.2 Å². The third-order valence-corrected chi connectivity index (χ3v) is 5.24. The van der Waals surface area contributed by atoms with Crippen LogP contribution in [0.4, 0.5) is 0 Å². The predicted molar refractivity (Wildman–Crippen MR) is 84.9 cm³/mol. The van der Waals surface area contributed by atoms with Crippen LogP contribution in [0.25, 0.3) is 0 Å². The number of carbonyl (C=O) groups is 1. The minimum absolute atomic E-state index is 0.0937. The van der Waals surface area contributed by atoms with Crippen molar-refractivity contribution in [3.05, 3.63) is 23.3 Å². The molecule has 0 spiro atoms. The number of phenolic OH excluding ortho intramolecular Hbond substituents is 2. The van der Waals surface area contributed by atoms with E-state index < -0.39 is 0 Å². The summed E-state index contributed by atoms with van der Waals surface area (Å²) in [6, 6.07) is 3.04. The number of rotatable bonds is 3. The van der Waals surface area contributed by atoms with Crippen LogP contribution in [-0.4, -0.2) is 22.7 Å². The second kappa shape index (κ2) is 6.59. The van der Waals surface area contributed by atoms with Crippen molar-refractivity contribution in [2.75, 3.05) is 6.54 Å². The molecule has 1 amide bonds. The van der Waals surface area contributed by atoms with Crippen LogP contribution in [0.15, 0.2) is 12.1 Å². The molecule has 1 fully saturated rings. The lowest BCUT2D eigenvalue weighted by molar-refractivity contribution is -0.125. The summed E-state index contributed by atoms with van der Waals surface area (Å²) in [5.41, 5.74) is 1.54. The van der Waals surface area contributed by atoms with Gasteiger partial charge in [-0.15, -0.1) is 0 Å². The van der Waals surface area contributed by atoms with E-state index in [-0.39, 0.29) is 23.3 Å². The average molecular weight is 303 g/mol. The maximum atomic E-state index is 12.4. The number of phenols is 2. The highest BCUT2D eigenvalue weighted by Gasteiger charge is 2.28. The Morgan fingerprint density at radius 3 is 2.45 bits per heavy atom. The summed E-state index contributed by atoms with van der Waals surface area (Å²) in [5.74, 6) is 1.06. The van der Waals surface area contributed by atoms with Gasteiger partial charge in [0, 0.05) is 23.6 Å². The van der Waals surface area contributed by atoms with E-state index >= 15 is 0 Å². The van der Waals surface area contributed by atoms with Gasteiger partial charge in [0.05, 0.1) is 0 Å². The van der Waals surface area contributed by atoms with Crippen molar-refractivity contribution in [1.82, 2.24) is 5.32 Å². The van der Waals surface area contributed by atoms with Crippen LogP contribution in [0.2, 0.25) is 0 Å². The minimum atomic E-state index is -0.0937. The number of aromatic hydroxyl groups is 2. The van der Waals surface area contributed by atoms with Crippen LogP contribution in [0.3, 0.4) is 0 Å². The molecule has 22 heavy (non-hydrogen) atoms. The molecule has 4 heteroatoms. The first-order valence-electron chi connectivity index (χ1n) is 8.45. The van der Waals surface area contributed by atoms with Gasteiger partial charge in [-0.25, -0.2) is 0 Å². The molecule has 0 aromatic heterocycles. The van der Waals surface area contributed by atoms with Gasteiger partial charge >= 0.3 is 0 Å². The van der Waals surface area contributed by atoms with Gasteiger partial charge in [-0.3, -0.25) is 4.79 Å². The topological polar surface area (TPSA) is 69.6 Å². The van der Waals surface area contributed by atoms with E-state index in [1.165, 1.54) is 44.2 Å². The Morgan fingerprint density at radius 2 is 1.73 bits per heavy atom. The highest BCUT2D eigenvalue weighted by molar-refractivity contribution is 5.79. The van der Waals surface area contributed by atoms with Crippen LogP contribution in [-0.2, 0) is 17.6 Å². The molecular weight excluding hydrogens is 278 g/mol. The molecule has 1 saturated carbocycles. The van der Waals surface area contributed by atoms with Gasteiger partial charge < -0.3 is 15.5 Å². The lowest BCUT2D eigenvalue weighted by Gasteiger charge is -2.27. The molecule has 2 aliphatic rings. The lowest BCUT2D eigenvalue weighted by Crippen LogP contribution is -2.37. The molecule has 0 bridgehead atoms. The molecular formula is C18H25NO3. The zero-order valence-corrected chi connectivity index (χ0v) is 13.0. The fourth-order valence-electron chi connectivity index (χ4n) is 3.85. The number of hydrogen-bond acceptors (Lipinski definition) is 3. The van der Waals surface area contributed by atoms with Crippen LogP contribution < -0.4 is 5.32 Å². The Labute approximate surface area is 131 Å². The van der Waals surface area contributed by atoms with E-state index in [4.69, 9.17) is 0 Å². The van der Waals surface area contributed by atoms with Crippen LogP contribution in [0.1, 0.15) is 49.7 Å². The number of hydrogen-bond donors (Lipinski definition) is 3. The molecule has 3 N–H and O–H groups in total. The first-order chi connectivity index (χ1) is 10.6. The van der Waals surface area contributed by atoms with E-state index in [0.29, 0.717) is 18.8 Å². The van der Waals surface area contributed by atoms with Crippen LogP contribution in [0, 0.1) is 11.8 Å². The summed E-state index contributed by atoms with van der Waals surface area (Å²) >= 11 is 0. The maximum Gasteiger partial charge on any atom is 0.223 e. The van der Waals surface area contributed by atoms with E-state index in [1.54, 1.807) is 0 Å². The third kappa shape index (κ3) is 3.21. The van der Waals surface area contributed by atoms with Gasteiger partial charge in [-0.2, -0.15) is 0 Å². The molecule has 4 nitrogen and oxygen atoms in total. The summed E-state index contributed by atoms with van der Waals surface area (Å²) < 4.78 is 0. The first-order valence-corrected chi connectivity index (χ1v) is 8.45. The monoisotopic (exact) mass is 303 g/mol. The van der Waals surface area contributed by atoms with Crippen molar-refractivity contribution in [2.45, 2.75) is 51.4 Å². The normalized spacial score (nSPS) is 22.1. The first kappa shape index (κ1) is 15.2. The Hall–Kier alpha value is -1.71. The van der Waals surface area contributed by atoms with Crippen molar-refractivity contribution in [2.24, 2.45) is 11.8 Å². The van der Waals surface area contributed by atoms with Gasteiger partial charge in [0.25, 0.3) is 0 Å². The molecule has 1 atom stereocenters. The molecule has 0 radical (unpaired) electrons. The summed E-state index contributed by atoms with van der Waals surface area (Å²) in [6.45, 7) is 0.786. The quantitative estimate of drug-likeness (QED) is 0.752. The van der Waals surface area contributed by atoms with Crippen molar-refractivity contribution >= 4 is 5.91 Å².